The van der Waals surface area contributed by atoms with Gasteiger partial charge in [-0.05, 0) is 30.5 Å². The number of carboxylic acids is 1. The minimum atomic E-state index is -0.849. The van der Waals surface area contributed by atoms with Crippen LogP contribution in [-0.4, -0.2) is 30.3 Å². The number of rotatable bonds is 6. The number of methoxy groups -OCH3 is 2. The maximum absolute atomic E-state index is 10.9. The van der Waals surface area contributed by atoms with Crippen molar-refractivity contribution < 1.29 is 19.4 Å². The lowest BCUT2D eigenvalue weighted by Crippen LogP contribution is -2.24. The summed E-state index contributed by atoms with van der Waals surface area (Å²) in [6.07, 6.45) is 4.29. The van der Waals surface area contributed by atoms with E-state index in [2.05, 4.69) is 11.1 Å². The zero-order chi connectivity index (χ0) is 17.2. The van der Waals surface area contributed by atoms with Gasteiger partial charge in [-0.25, -0.2) is 4.98 Å². The Kier molecular flexibility index (Phi) is 4.76. The van der Waals surface area contributed by atoms with Crippen LogP contribution in [-0.2, 0) is 16.6 Å². The van der Waals surface area contributed by atoms with Gasteiger partial charge in [0.2, 0.25) is 0 Å². The Morgan fingerprint density at radius 3 is 2.58 bits per heavy atom. The molecular weight excluding hydrogens is 326 g/mol. The second kappa shape index (κ2) is 6.81. The normalized spacial score (nSPS) is 16.1. The van der Waals surface area contributed by atoms with E-state index in [-0.39, 0.29) is 11.8 Å². The van der Waals surface area contributed by atoms with E-state index in [1.807, 2.05) is 17.5 Å². The highest BCUT2D eigenvalue weighted by molar-refractivity contribution is 7.09. The molecule has 1 N–H and O–H groups in total. The standard InChI is InChI=1S/C18H21NO4S/c1-22-14-6-5-12(9-15(14)23-2)18(7-3-4-8-18)17-19-13(11-24-17)10-16(20)21/h5-6,9,11H,3-4,7-8,10H2,1-2H3,(H,20,21). The van der Waals surface area contributed by atoms with Gasteiger partial charge in [-0.15, -0.1) is 11.3 Å². The van der Waals surface area contributed by atoms with Crippen molar-refractivity contribution in [2.75, 3.05) is 14.2 Å². The van der Waals surface area contributed by atoms with Gasteiger partial charge < -0.3 is 14.6 Å². The van der Waals surface area contributed by atoms with E-state index in [0.717, 1.165) is 36.3 Å². The Bertz CT molecular complexity index is 734. The second-order valence-corrected chi connectivity index (χ2v) is 6.93. The molecule has 1 aliphatic rings. The predicted molar refractivity (Wildman–Crippen MR) is 92.2 cm³/mol. The van der Waals surface area contributed by atoms with Crippen molar-refractivity contribution in [3.8, 4) is 11.5 Å². The van der Waals surface area contributed by atoms with Crippen molar-refractivity contribution in [3.05, 3.63) is 39.8 Å². The third kappa shape index (κ3) is 2.98. The largest absolute Gasteiger partial charge is 0.493 e. The van der Waals surface area contributed by atoms with Gasteiger partial charge in [0.05, 0.1) is 26.3 Å². The number of thiazole rings is 1. The molecule has 1 heterocycles. The lowest BCUT2D eigenvalue weighted by Gasteiger charge is -2.28. The molecule has 0 unspecified atom stereocenters. The van der Waals surface area contributed by atoms with Crippen LogP contribution in [0.25, 0.3) is 0 Å². The Hall–Kier alpha value is -2.08. The minimum Gasteiger partial charge on any atom is -0.493 e. The molecule has 0 atom stereocenters. The first-order valence-electron chi connectivity index (χ1n) is 7.98. The molecule has 128 valence electrons. The number of nitrogens with zero attached hydrogens (tertiary/aromatic N) is 1. The smallest absolute Gasteiger partial charge is 0.309 e. The van der Waals surface area contributed by atoms with Crippen molar-refractivity contribution in [1.29, 1.82) is 0 Å². The molecule has 24 heavy (non-hydrogen) atoms. The Labute approximate surface area is 145 Å². The molecule has 1 saturated carbocycles. The fourth-order valence-corrected chi connectivity index (χ4v) is 4.60. The molecule has 1 aromatic heterocycles. The average Bonchev–Trinajstić information content (AvgIpc) is 3.23. The van der Waals surface area contributed by atoms with Gasteiger partial charge in [0.1, 0.15) is 5.01 Å². The van der Waals surface area contributed by atoms with Crippen LogP contribution in [0.4, 0.5) is 0 Å². The number of hydrogen-bond acceptors (Lipinski definition) is 5. The van der Waals surface area contributed by atoms with E-state index in [1.54, 1.807) is 25.6 Å². The zero-order valence-corrected chi connectivity index (χ0v) is 14.7. The first-order valence-corrected chi connectivity index (χ1v) is 8.86. The quantitative estimate of drug-likeness (QED) is 0.864. The lowest BCUT2D eigenvalue weighted by molar-refractivity contribution is -0.136. The third-order valence-electron chi connectivity index (χ3n) is 4.69. The summed E-state index contributed by atoms with van der Waals surface area (Å²) in [7, 11) is 3.26. The third-order valence-corrected chi connectivity index (χ3v) is 5.78. The highest BCUT2D eigenvalue weighted by Crippen LogP contribution is 2.49. The summed E-state index contributed by atoms with van der Waals surface area (Å²) in [5.41, 5.74) is 1.64. The van der Waals surface area contributed by atoms with Crippen LogP contribution in [0.5, 0.6) is 11.5 Å². The molecule has 0 bridgehead atoms. The molecule has 0 saturated heterocycles. The van der Waals surface area contributed by atoms with E-state index in [9.17, 15) is 4.79 Å². The maximum atomic E-state index is 10.9. The first kappa shape index (κ1) is 16.8. The maximum Gasteiger partial charge on any atom is 0.309 e. The number of aliphatic carboxylic acids is 1. The SMILES string of the molecule is COc1ccc(C2(c3nc(CC(=O)O)cs3)CCCC2)cc1OC. The van der Waals surface area contributed by atoms with Crippen molar-refractivity contribution in [3.63, 3.8) is 0 Å². The summed E-state index contributed by atoms with van der Waals surface area (Å²) in [4.78, 5) is 15.6. The lowest BCUT2D eigenvalue weighted by atomic mass is 9.79. The van der Waals surface area contributed by atoms with E-state index in [4.69, 9.17) is 14.6 Å². The van der Waals surface area contributed by atoms with Crippen LogP contribution in [0, 0.1) is 0 Å². The summed E-state index contributed by atoms with van der Waals surface area (Å²) in [6, 6.07) is 6.04. The topological polar surface area (TPSA) is 68.7 Å². The fourth-order valence-electron chi connectivity index (χ4n) is 3.50. The zero-order valence-electron chi connectivity index (χ0n) is 13.9. The van der Waals surface area contributed by atoms with Crippen LogP contribution in [0.1, 0.15) is 41.9 Å². The van der Waals surface area contributed by atoms with Crippen LogP contribution in [0.2, 0.25) is 0 Å². The number of benzene rings is 1. The molecule has 3 rings (SSSR count). The number of carbonyl (C=O) groups is 1. The summed E-state index contributed by atoms with van der Waals surface area (Å²) in [5, 5.41) is 11.9. The number of hydrogen-bond donors (Lipinski definition) is 1. The van der Waals surface area contributed by atoms with Crippen molar-refractivity contribution in [2.45, 2.75) is 37.5 Å². The van der Waals surface area contributed by atoms with Gasteiger partial charge in [-0.1, -0.05) is 18.9 Å². The summed E-state index contributed by atoms with van der Waals surface area (Å²) in [5.74, 6) is 0.571. The molecule has 1 aromatic carbocycles. The molecule has 1 fully saturated rings. The van der Waals surface area contributed by atoms with Crippen molar-refractivity contribution in [1.82, 2.24) is 4.98 Å². The van der Waals surface area contributed by atoms with E-state index in [0.29, 0.717) is 17.2 Å². The van der Waals surface area contributed by atoms with Gasteiger partial charge in [-0.2, -0.15) is 0 Å². The molecule has 6 heteroatoms. The van der Waals surface area contributed by atoms with Gasteiger partial charge in [-0.3, -0.25) is 4.79 Å². The van der Waals surface area contributed by atoms with Gasteiger partial charge >= 0.3 is 5.97 Å². The Balaban J connectivity index is 2.02. The van der Waals surface area contributed by atoms with Gasteiger partial charge in [0.25, 0.3) is 0 Å². The van der Waals surface area contributed by atoms with E-state index < -0.39 is 5.97 Å². The monoisotopic (exact) mass is 347 g/mol. The highest BCUT2D eigenvalue weighted by atomic mass is 32.1. The second-order valence-electron chi connectivity index (χ2n) is 6.07. The minimum absolute atomic E-state index is 0.0293. The molecule has 5 nitrogen and oxygen atoms in total. The predicted octanol–water partition coefficient (Wildman–Crippen LogP) is 3.65. The molecular formula is C18H21NO4S. The molecule has 1 aliphatic carbocycles. The average molecular weight is 347 g/mol. The molecule has 0 spiro atoms. The molecule has 0 aliphatic heterocycles. The Morgan fingerprint density at radius 2 is 1.96 bits per heavy atom. The van der Waals surface area contributed by atoms with Crippen LogP contribution < -0.4 is 9.47 Å². The molecule has 0 amide bonds. The number of carboxylic acid groups (broad SMARTS) is 1. The van der Waals surface area contributed by atoms with Crippen molar-refractivity contribution >= 4 is 17.3 Å². The summed E-state index contributed by atoms with van der Waals surface area (Å²) < 4.78 is 10.8. The summed E-state index contributed by atoms with van der Waals surface area (Å²) in [6.45, 7) is 0. The highest BCUT2D eigenvalue weighted by Gasteiger charge is 2.40. The number of aromatic nitrogens is 1. The van der Waals surface area contributed by atoms with Crippen LogP contribution >= 0.6 is 11.3 Å². The fraction of sp³-hybridized carbons (Fsp3) is 0.444. The summed E-state index contributed by atoms with van der Waals surface area (Å²) >= 11 is 1.56. The first-order chi connectivity index (χ1) is 11.6. The van der Waals surface area contributed by atoms with Gasteiger partial charge in [0.15, 0.2) is 11.5 Å². The van der Waals surface area contributed by atoms with Crippen LogP contribution in [0.15, 0.2) is 23.6 Å². The molecule has 2 aromatic rings. The van der Waals surface area contributed by atoms with Crippen LogP contribution in [0.3, 0.4) is 0 Å². The van der Waals surface area contributed by atoms with Gasteiger partial charge in [0, 0.05) is 10.8 Å². The van der Waals surface area contributed by atoms with Crippen molar-refractivity contribution in [2.24, 2.45) is 0 Å². The van der Waals surface area contributed by atoms with E-state index >= 15 is 0 Å². The molecule has 0 radical (unpaired) electrons. The number of ether oxygens (including phenoxy) is 2. The Morgan fingerprint density at radius 1 is 1.25 bits per heavy atom. The van der Waals surface area contributed by atoms with E-state index in [1.165, 1.54) is 0 Å².